The first kappa shape index (κ1) is 8.56. The molecule has 0 spiro atoms. The van der Waals surface area contributed by atoms with E-state index in [4.69, 9.17) is 0 Å². The van der Waals surface area contributed by atoms with E-state index >= 15 is 0 Å². The normalized spacial score (nSPS) is 10.2. The Morgan fingerprint density at radius 1 is 1.22 bits per heavy atom. The third-order valence-electron chi connectivity index (χ3n) is 1.99. The predicted octanol–water partition coefficient (Wildman–Crippen LogP) is 2.84. The van der Waals surface area contributed by atoms with Crippen molar-refractivity contribution in [1.29, 1.82) is 0 Å². The summed E-state index contributed by atoms with van der Waals surface area (Å²) >= 11 is 0. The summed E-state index contributed by atoms with van der Waals surface area (Å²) < 4.78 is 0. The predicted molar refractivity (Wildman–Crippen MR) is 42.1 cm³/mol. The van der Waals surface area contributed by atoms with E-state index in [1.54, 1.807) is 0 Å². The van der Waals surface area contributed by atoms with Crippen LogP contribution in [0.5, 0.6) is 0 Å². The zero-order valence-electron chi connectivity index (χ0n) is 6.91. The van der Waals surface area contributed by atoms with Crippen molar-refractivity contribution in [3.63, 3.8) is 0 Å². The van der Waals surface area contributed by atoms with Crippen LogP contribution in [0.15, 0.2) is 0 Å². The second kappa shape index (κ2) is 3.56. The van der Waals surface area contributed by atoms with Crippen molar-refractivity contribution in [2.24, 2.45) is 5.41 Å². The van der Waals surface area contributed by atoms with E-state index in [0.29, 0.717) is 0 Å². The average molecular weight is 124 g/mol. The first-order valence-corrected chi connectivity index (χ1v) is 3.62. The monoisotopic (exact) mass is 124 g/mol. The Hall–Kier alpha value is -0.440. The smallest absolute Gasteiger partial charge is 0.0281 e. The minimum absolute atomic E-state index is 0.273. The van der Waals surface area contributed by atoms with E-state index in [1.165, 1.54) is 0 Å². The highest BCUT2D eigenvalue weighted by Gasteiger charge is 2.14. The van der Waals surface area contributed by atoms with Crippen LogP contribution in [0.2, 0.25) is 0 Å². The van der Waals surface area contributed by atoms with Crippen molar-refractivity contribution in [3.8, 4) is 11.8 Å². The van der Waals surface area contributed by atoms with Crippen LogP contribution >= 0.6 is 0 Å². The van der Waals surface area contributed by atoms with Crippen LogP contribution in [0.3, 0.4) is 0 Å². The van der Waals surface area contributed by atoms with Crippen LogP contribution in [0, 0.1) is 17.3 Å². The molecular weight excluding hydrogens is 108 g/mol. The van der Waals surface area contributed by atoms with E-state index in [-0.39, 0.29) is 5.41 Å². The Kier molecular flexibility index (Phi) is 3.39. The minimum atomic E-state index is 0.273. The molecule has 0 radical (unpaired) electrons. The first-order valence-electron chi connectivity index (χ1n) is 3.62. The molecule has 0 saturated carbocycles. The van der Waals surface area contributed by atoms with Crippen LogP contribution in [-0.4, -0.2) is 0 Å². The van der Waals surface area contributed by atoms with E-state index in [2.05, 4.69) is 32.6 Å². The van der Waals surface area contributed by atoms with Gasteiger partial charge in [-0.15, -0.1) is 5.92 Å². The van der Waals surface area contributed by atoms with Crippen molar-refractivity contribution < 1.29 is 0 Å². The Bertz CT molecular complexity index is 119. The van der Waals surface area contributed by atoms with Crippen molar-refractivity contribution in [1.82, 2.24) is 0 Å². The molecule has 0 fully saturated rings. The van der Waals surface area contributed by atoms with Crippen LogP contribution in [0.1, 0.15) is 40.5 Å². The first-order chi connectivity index (χ1) is 4.18. The van der Waals surface area contributed by atoms with Gasteiger partial charge in [0.15, 0.2) is 0 Å². The van der Waals surface area contributed by atoms with Gasteiger partial charge in [0.05, 0.1) is 0 Å². The molecule has 0 heteroatoms. The van der Waals surface area contributed by atoms with Gasteiger partial charge in [0.25, 0.3) is 0 Å². The molecule has 0 aliphatic carbocycles. The molecule has 0 atom stereocenters. The van der Waals surface area contributed by atoms with Gasteiger partial charge in [0.1, 0.15) is 0 Å². The quantitative estimate of drug-likeness (QED) is 0.496. The van der Waals surface area contributed by atoms with Crippen LogP contribution < -0.4 is 0 Å². The molecule has 0 nitrogen and oxygen atoms in total. The number of hydrogen-bond donors (Lipinski definition) is 0. The average Bonchev–Trinajstić information content (AvgIpc) is 1.89. The van der Waals surface area contributed by atoms with Gasteiger partial charge < -0.3 is 0 Å². The fourth-order valence-corrected chi connectivity index (χ4v) is 0.729. The second-order valence-corrected chi connectivity index (χ2v) is 2.64. The van der Waals surface area contributed by atoms with Crippen molar-refractivity contribution in [2.75, 3.05) is 0 Å². The summed E-state index contributed by atoms with van der Waals surface area (Å²) in [5, 5.41) is 0. The molecule has 0 aliphatic heterocycles. The third-order valence-corrected chi connectivity index (χ3v) is 1.99. The maximum absolute atomic E-state index is 3.21. The summed E-state index contributed by atoms with van der Waals surface area (Å²) in [6.07, 6.45) is 2.31. The fraction of sp³-hybridized carbons (Fsp3) is 0.778. The van der Waals surface area contributed by atoms with Gasteiger partial charge in [0, 0.05) is 5.41 Å². The van der Waals surface area contributed by atoms with Crippen LogP contribution in [0.25, 0.3) is 0 Å². The summed E-state index contributed by atoms with van der Waals surface area (Å²) in [4.78, 5) is 0. The Labute approximate surface area is 58.7 Å². The number of rotatable bonds is 2. The number of hydrogen-bond acceptors (Lipinski definition) is 0. The molecule has 0 aromatic carbocycles. The van der Waals surface area contributed by atoms with Crippen LogP contribution in [-0.2, 0) is 0 Å². The van der Waals surface area contributed by atoms with Crippen molar-refractivity contribution in [3.05, 3.63) is 0 Å². The van der Waals surface area contributed by atoms with E-state index in [1.807, 2.05) is 6.92 Å². The molecule has 0 heterocycles. The highest BCUT2D eigenvalue weighted by Crippen LogP contribution is 2.23. The molecule has 0 bridgehead atoms. The topological polar surface area (TPSA) is 0 Å². The van der Waals surface area contributed by atoms with Gasteiger partial charge in [0.2, 0.25) is 0 Å². The maximum atomic E-state index is 3.21. The highest BCUT2D eigenvalue weighted by atomic mass is 14.2. The van der Waals surface area contributed by atoms with Gasteiger partial charge in [-0.05, 0) is 26.7 Å². The Morgan fingerprint density at radius 2 is 1.67 bits per heavy atom. The lowest BCUT2D eigenvalue weighted by Gasteiger charge is -2.18. The third kappa shape index (κ3) is 2.56. The largest absolute Gasteiger partial charge is 0.106 e. The minimum Gasteiger partial charge on any atom is -0.106 e. The SMILES string of the molecule is CC#CC(C)(CC)CC. The molecule has 9 heavy (non-hydrogen) atoms. The lowest BCUT2D eigenvalue weighted by atomic mass is 9.86. The molecule has 0 rings (SSSR count). The summed E-state index contributed by atoms with van der Waals surface area (Å²) in [5.74, 6) is 6.17. The fourth-order valence-electron chi connectivity index (χ4n) is 0.729. The summed E-state index contributed by atoms with van der Waals surface area (Å²) in [5.41, 5.74) is 0.273. The zero-order chi connectivity index (χ0) is 7.33. The molecule has 0 aliphatic rings. The maximum Gasteiger partial charge on any atom is 0.0281 e. The van der Waals surface area contributed by atoms with Crippen molar-refractivity contribution >= 4 is 0 Å². The van der Waals surface area contributed by atoms with E-state index in [9.17, 15) is 0 Å². The molecule has 0 aromatic heterocycles. The van der Waals surface area contributed by atoms with Crippen LogP contribution in [0.4, 0.5) is 0 Å². The van der Waals surface area contributed by atoms with E-state index < -0.39 is 0 Å². The van der Waals surface area contributed by atoms with Gasteiger partial charge in [-0.3, -0.25) is 0 Å². The van der Waals surface area contributed by atoms with Gasteiger partial charge in [-0.1, -0.05) is 19.8 Å². The van der Waals surface area contributed by atoms with E-state index in [0.717, 1.165) is 12.8 Å². The van der Waals surface area contributed by atoms with Gasteiger partial charge in [-0.25, -0.2) is 0 Å². The molecule has 0 saturated heterocycles. The standard InChI is InChI=1S/C9H16/c1-5-8-9(4,6-2)7-3/h6-7H2,1-4H3. The lowest BCUT2D eigenvalue weighted by Crippen LogP contribution is -2.09. The summed E-state index contributed by atoms with van der Waals surface area (Å²) in [6.45, 7) is 8.49. The summed E-state index contributed by atoms with van der Waals surface area (Å²) in [7, 11) is 0. The second-order valence-electron chi connectivity index (χ2n) is 2.64. The zero-order valence-corrected chi connectivity index (χ0v) is 6.91. The molecule has 52 valence electrons. The Balaban J connectivity index is 4.03. The highest BCUT2D eigenvalue weighted by molar-refractivity contribution is 5.07. The molecule has 0 N–H and O–H groups in total. The van der Waals surface area contributed by atoms with Crippen molar-refractivity contribution in [2.45, 2.75) is 40.5 Å². The molecular formula is C9H16. The summed E-state index contributed by atoms with van der Waals surface area (Å²) in [6, 6.07) is 0. The molecule has 0 unspecified atom stereocenters. The molecule has 0 aromatic rings. The Morgan fingerprint density at radius 3 is 1.78 bits per heavy atom. The lowest BCUT2D eigenvalue weighted by molar-refractivity contribution is 0.416. The molecule has 0 amide bonds. The van der Waals surface area contributed by atoms with Gasteiger partial charge >= 0.3 is 0 Å². The van der Waals surface area contributed by atoms with Gasteiger partial charge in [-0.2, -0.15) is 0 Å².